The largest absolute Gasteiger partial charge is 0.492 e. The third-order valence-electron chi connectivity index (χ3n) is 3.41. The minimum absolute atomic E-state index is 0.513. The van der Waals surface area contributed by atoms with E-state index in [-0.39, 0.29) is 0 Å². The Bertz CT molecular complexity index is 429. The average molecular weight is 276 g/mol. The Labute approximate surface area is 121 Å². The zero-order valence-electron chi connectivity index (χ0n) is 12.6. The molecule has 0 radical (unpaired) electrons. The van der Waals surface area contributed by atoms with Crippen molar-refractivity contribution in [1.82, 2.24) is 4.90 Å². The maximum atomic E-state index is 8.85. The average Bonchev–Trinajstić information content (AvgIpc) is 2.50. The van der Waals surface area contributed by atoms with E-state index in [1.165, 1.54) is 0 Å². The number of rotatable bonds is 9. The number of methoxy groups -OCH3 is 1. The van der Waals surface area contributed by atoms with Gasteiger partial charge in [0.15, 0.2) is 0 Å². The highest BCUT2D eigenvalue weighted by Gasteiger charge is 2.11. The summed E-state index contributed by atoms with van der Waals surface area (Å²) in [6.45, 7) is 7.51. The van der Waals surface area contributed by atoms with Crippen molar-refractivity contribution in [3.05, 3.63) is 29.8 Å². The van der Waals surface area contributed by atoms with E-state index in [2.05, 4.69) is 24.8 Å². The normalized spacial score (nSPS) is 12.2. The van der Waals surface area contributed by atoms with E-state index >= 15 is 0 Å². The van der Waals surface area contributed by atoms with E-state index in [0.717, 1.165) is 31.9 Å². The second-order valence-electron chi connectivity index (χ2n) is 4.77. The van der Waals surface area contributed by atoms with Gasteiger partial charge >= 0.3 is 0 Å². The van der Waals surface area contributed by atoms with Gasteiger partial charge in [-0.3, -0.25) is 4.90 Å². The molecule has 0 spiro atoms. The fourth-order valence-electron chi connectivity index (χ4n) is 1.96. The fraction of sp³-hybridized carbons (Fsp3) is 0.562. The molecular formula is C16H24N2O2. The van der Waals surface area contributed by atoms with Crippen LogP contribution in [0.25, 0.3) is 0 Å². The third kappa shape index (κ3) is 5.60. The van der Waals surface area contributed by atoms with Crippen LogP contribution in [0.2, 0.25) is 0 Å². The molecule has 0 saturated carbocycles. The monoisotopic (exact) mass is 276 g/mol. The number of nitriles is 1. The molecule has 0 aliphatic heterocycles. The molecule has 0 heterocycles. The molecule has 1 unspecified atom stereocenters. The zero-order chi connectivity index (χ0) is 14.8. The van der Waals surface area contributed by atoms with Gasteiger partial charge in [-0.05, 0) is 31.5 Å². The summed E-state index contributed by atoms with van der Waals surface area (Å²) in [6, 6.07) is 9.89. The molecule has 1 aromatic carbocycles. The minimum atomic E-state index is 0.513. The first-order valence-corrected chi connectivity index (χ1v) is 7.07. The first-order chi connectivity index (χ1) is 9.71. The molecular weight excluding hydrogens is 252 g/mol. The number of ether oxygens (including phenoxy) is 2. The molecule has 1 atom stereocenters. The van der Waals surface area contributed by atoms with E-state index in [0.29, 0.717) is 18.2 Å². The van der Waals surface area contributed by atoms with Crippen LogP contribution in [0, 0.1) is 11.3 Å². The predicted molar refractivity (Wildman–Crippen MR) is 79.9 cm³/mol. The number of nitrogens with zero attached hydrogens (tertiary/aromatic N) is 2. The second kappa shape index (κ2) is 9.35. The van der Waals surface area contributed by atoms with Crippen LogP contribution >= 0.6 is 0 Å². The molecule has 1 rings (SSSR count). The Morgan fingerprint density at radius 3 is 2.70 bits per heavy atom. The topological polar surface area (TPSA) is 45.5 Å². The molecule has 0 aliphatic carbocycles. The highest BCUT2D eigenvalue weighted by Crippen LogP contribution is 2.12. The van der Waals surface area contributed by atoms with Crippen molar-refractivity contribution in [3.63, 3.8) is 0 Å². The summed E-state index contributed by atoms with van der Waals surface area (Å²) in [5.74, 6) is 0.750. The lowest BCUT2D eigenvalue weighted by Crippen LogP contribution is -2.38. The molecule has 0 aromatic heterocycles. The van der Waals surface area contributed by atoms with E-state index in [1.807, 2.05) is 12.1 Å². The SMILES string of the molecule is CCC(C)N(CCOC)CCOc1cccc(C#N)c1. The van der Waals surface area contributed by atoms with Crippen LogP contribution < -0.4 is 4.74 Å². The quantitative estimate of drug-likeness (QED) is 0.695. The zero-order valence-corrected chi connectivity index (χ0v) is 12.6. The molecule has 0 saturated heterocycles. The molecule has 0 aliphatic rings. The first kappa shape index (κ1) is 16.5. The van der Waals surface area contributed by atoms with E-state index < -0.39 is 0 Å². The molecule has 0 fully saturated rings. The highest BCUT2D eigenvalue weighted by molar-refractivity contribution is 5.36. The first-order valence-electron chi connectivity index (χ1n) is 7.07. The van der Waals surface area contributed by atoms with E-state index in [9.17, 15) is 0 Å². The Morgan fingerprint density at radius 2 is 2.05 bits per heavy atom. The van der Waals surface area contributed by atoms with Gasteiger partial charge < -0.3 is 9.47 Å². The fourth-order valence-corrected chi connectivity index (χ4v) is 1.96. The van der Waals surface area contributed by atoms with Crippen molar-refractivity contribution in [2.45, 2.75) is 26.3 Å². The maximum Gasteiger partial charge on any atom is 0.120 e. The lowest BCUT2D eigenvalue weighted by Gasteiger charge is -2.27. The molecule has 1 aromatic rings. The van der Waals surface area contributed by atoms with Crippen molar-refractivity contribution in [2.24, 2.45) is 0 Å². The Morgan fingerprint density at radius 1 is 1.30 bits per heavy atom. The summed E-state index contributed by atoms with van der Waals surface area (Å²) >= 11 is 0. The van der Waals surface area contributed by atoms with Gasteiger partial charge in [0.25, 0.3) is 0 Å². The summed E-state index contributed by atoms with van der Waals surface area (Å²) in [5, 5.41) is 8.85. The Kier molecular flexibility index (Phi) is 7.71. The van der Waals surface area contributed by atoms with Gasteiger partial charge in [-0.2, -0.15) is 5.26 Å². The van der Waals surface area contributed by atoms with Crippen LogP contribution in [0.15, 0.2) is 24.3 Å². The molecule has 110 valence electrons. The van der Waals surface area contributed by atoms with Gasteiger partial charge in [-0.1, -0.05) is 13.0 Å². The van der Waals surface area contributed by atoms with Gasteiger partial charge in [0.2, 0.25) is 0 Å². The summed E-state index contributed by atoms with van der Waals surface area (Å²) < 4.78 is 10.9. The standard InChI is InChI=1S/C16H24N2O2/c1-4-14(2)18(8-10-19-3)9-11-20-16-7-5-6-15(12-16)13-17/h5-7,12,14H,4,8-11H2,1-3H3. The second-order valence-corrected chi connectivity index (χ2v) is 4.77. The summed E-state index contributed by atoms with van der Waals surface area (Å²) in [7, 11) is 1.72. The van der Waals surface area contributed by atoms with Gasteiger partial charge in [-0.25, -0.2) is 0 Å². The predicted octanol–water partition coefficient (Wildman–Crippen LogP) is 2.68. The van der Waals surface area contributed by atoms with Gasteiger partial charge in [0.05, 0.1) is 18.2 Å². The summed E-state index contributed by atoms with van der Waals surface area (Å²) in [4.78, 5) is 2.36. The molecule has 0 N–H and O–H groups in total. The van der Waals surface area contributed by atoms with Crippen molar-refractivity contribution in [2.75, 3.05) is 33.4 Å². The molecule has 20 heavy (non-hydrogen) atoms. The number of hydrogen-bond donors (Lipinski definition) is 0. The molecule has 4 heteroatoms. The van der Waals surface area contributed by atoms with Crippen LogP contribution in [-0.2, 0) is 4.74 Å². The van der Waals surface area contributed by atoms with Crippen LogP contribution in [0.4, 0.5) is 0 Å². The Balaban J connectivity index is 2.44. The van der Waals surface area contributed by atoms with Crippen molar-refractivity contribution >= 4 is 0 Å². The maximum absolute atomic E-state index is 8.85. The molecule has 4 nitrogen and oxygen atoms in total. The van der Waals surface area contributed by atoms with Crippen LogP contribution in [0.3, 0.4) is 0 Å². The van der Waals surface area contributed by atoms with Gasteiger partial charge in [-0.15, -0.1) is 0 Å². The lowest BCUT2D eigenvalue weighted by molar-refractivity contribution is 0.109. The highest BCUT2D eigenvalue weighted by atomic mass is 16.5. The van der Waals surface area contributed by atoms with Crippen molar-refractivity contribution in [1.29, 1.82) is 5.26 Å². The Hall–Kier alpha value is -1.57. The number of hydrogen-bond acceptors (Lipinski definition) is 4. The van der Waals surface area contributed by atoms with Crippen LogP contribution in [0.5, 0.6) is 5.75 Å². The van der Waals surface area contributed by atoms with Crippen molar-refractivity contribution < 1.29 is 9.47 Å². The summed E-state index contributed by atoms with van der Waals surface area (Å²) in [6.07, 6.45) is 1.10. The van der Waals surface area contributed by atoms with E-state index in [4.69, 9.17) is 14.7 Å². The van der Waals surface area contributed by atoms with Crippen molar-refractivity contribution in [3.8, 4) is 11.8 Å². The lowest BCUT2D eigenvalue weighted by atomic mass is 10.2. The molecule has 0 bridgehead atoms. The third-order valence-corrected chi connectivity index (χ3v) is 3.41. The van der Waals surface area contributed by atoms with Gasteiger partial charge in [0, 0.05) is 26.2 Å². The number of benzene rings is 1. The van der Waals surface area contributed by atoms with Gasteiger partial charge in [0.1, 0.15) is 12.4 Å². The smallest absolute Gasteiger partial charge is 0.120 e. The summed E-state index contributed by atoms with van der Waals surface area (Å²) in [5.41, 5.74) is 0.626. The molecule has 0 amide bonds. The van der Waals surface area contributed by atoms with E-state index in [1.54, 1.807) is 19.2 Å². The van der Waals surface area contributed by atoms with Crippen LogP contribution in [-0.4, -0.2) is 44.4 Å². The van der Waals surface area contributed by atoms with Crippen LogP contribution in [0.1, 0.15) is 25.8 Å². The minimum Gasteiger partial charge on any atom is -0.492 e.